The van der Waals surface area contributed by atoms with Crippen LogP contribution in [0, 0.1) is 5.92 Å². The number of likely N-dealkylation sites (tertiary alicyclic amines) is 1. The van der Waals surface area contributed by atoms with Crippen molar-refractivity contribution in [1.29, 1.82) is 0 Å². The first-order valence-electron chi connectivity index (χ1n) is 8.48. The quantitative estimate of drug-likeness (QED) is 0.526. The number of nitrogens with one attached hydrogen (secondary N) is 1. The Balaban J connectivity index is 1.55. The first-order chi connectivity index (χ1) is 11.6. The smallest absolute Gasteiger partial charge is 0.317 e. The highest BCUT2D eigenvalue weighted by Gasteiger charge is 2.21. The number of hydrogen-bond donors (Lipinski definition) is 2. The Hall–Kier alpha value is -1.92. The largest absolute Gasteiger partial charge is 0.480 e. The highest BCUT2D eigenvalue weighted by molar-refractivity contribution is 5.69. The molecule has 0 bridgehead atoms. The van der Waals surface area contributed by atoms with Crippen LogP contribution in [0.1, 0.15) is 24.8 Å². The number of aliphatic carboxylic acids is 1. The van der Waals surface area contributed by atoms with Crippen molar-refractivity contribution in [3.8, 4) is 0 Å². The third-order valence-electron chi connectivity index (χ3n) is 4.14. The number of hydrogen-bond acceptors (Lipinski definition) is 5. The molecule has 0 saturated carbocycles. The van der Waals surface area contributed by atoms with E-state index in [4.69, 9.17) is 9.84 Å². The number of ether oxygens (including phenoxy) is 1. The van der Waals surface area contributed by atoms with Crippen molar-refractivity contribution in [3.63, 3.8) is 0 Å². The second-order valence-corrected chi connectivity index (χ2v) is 6.24. The molecule has 0 spiro atoms. The van der Waals surface area contributed by atoms with Crippen LogP contribution < -0.4 is 5.32 Å². The summed E-state index contributed by atoms with van der Waals surface area (Å²) in [7, 11) is 0. The number of carbonyl (C=O) groups is 2. The molecule has 6 heteroatoms. The molecule has 1 aromatic carbocycles. The average Bonchev–Trinajstić information content (AvgIpc) is 2.58. The van der Waals surface area contributed by atoms with Gasteiger partial charge in [-0.25, -0.2) is 0 Å². The number of rotatable bonds is 9. The summed E-state index contributed by atoms with van der Waals surface area (Å²) >= 11 is 0. The van der Waals surface area contributed by atoms with Gasteiger partial charge in [0.05, 0.1) is 13.0 Å². The van der Waals surface area contributed by atoms with Crippen molar-refractivity contribution in [2.75, 3.05) is 32.7 Å². The van der Waals surface area contributed by atoms with Gasteiger partial charge in [0.2, 0.25) is 0 Å². The molecule has 0 aliphatic carbocycles. The molecular weight excluding hydrogens is 308 g/mol. The molecule has 0 aromatic heterocycles. The van der Waals surface area contributed by atoms with E-state index in [1.165, 1.54) is 0 Å². The minimum atomic E-state index is -0.773. The fourth-order valence-corrected chi connectivity index (χ4v) is 2.96. The van der Waals surface area contributed by atoms with E-state index < -0.39 is 5.97 Å². The molecule has 1 aliphatic heterocycles. The lowest BCUT2D eigenvalue weighted by Gasteiger charge is -2.31. The summed E-state index contributed by atoms with van der Waals surface area (Å²) in [6.45, 7) is 3.48. The molecule has 1 fully saturated rings. The van der Waals surface area contributed by atoms with E-state index in [0.29, 0.717) is 25.5 Å². The summed E-state index contributed by atoms with van der Waals surface area (Å²) < 4.78 is 5.23. The van der Waals surface area contributed by atoms with Crippen LogP contribution >= 0.6 is 0 Å². The van der Waals surface area contributed by atoms with Crippen molar-refractivity contribution in [2.45, 2.75) is 25.9 Å². The SMILES string of the molecule is O=C(O)CN1CCCC(CNCCC(=O)OCc2ccccc2)C1. The zero-order chi connectivity index (χ0) is 17.2. The van der Waals surface area contributed by atoms with Gasteiger partial charge in [0.15, 0.2) is 0 Å². The Morgan fingerprint density at radius 3 is 2.83 bits per heavy atom. The number of nitrogens with zero attached hydrogens (tertiary/aromatic N) is 1. The molecule has 2 N–H and O–H groups in total. The van der Waals surface area contributed by atoms with Crippen molar-refractivity contribution in [2.24, 2.45) is 5.92 Å². The molecule has 1 saturated heterocycles. The van der Waals surface area contributed by atoms with E-state index in [9.17, 15) is 9.59 Å². The Kier molecular flexibility index (Phi) is 7.71. The Morgan fingerprint density at radius 2 is 2.08 bits per heavy atom. The van der Waals surface area contributed by atoms with Crippen LogP contribution in [0.5, 0.6) is 0 Å². The van der Waals surface area contributed by atoms with Gasteiger partial charge in [-0.2, -0.15) is 0 Å². The van der Waals surface area contributed by atoms with Crippen molar-refractivity contribution >= 4 is 11.9 Å². The summed E-state index contributed by atoms with van der Waals surface area (Å²) in [6, 6.07) is 9.62. The molecule has 1 atom stereocenters. The maximum absolute atomic E-state index is 11.7. The van der Waals surface area contributed by atoms with Gasteiger partial charge in [-0.1, -0.05) is 30.3 Å². The van der Waals surface area contributed by atoms with Gasteiger partial charge in [-0.05, 0) is 37.4 Å². The molecule has 24 heavy (non-hydrogen) atoms. The Morgan fingerprint density at radius 1 is 1.29 bits per heavy atom. The van der Waals surface area contributed by atoms with E-state index in [1.807, 2.05) is 35.2 Å². The molecule has 132 valence electrons. The van der Waals surface area contributed by atoms with Crippen LogP contribution in [0.15, 0.2) is 30.3 Å². The van der Waals surface area contributed by atoms with Crippen LogP contribution in [0.3, 0.4) is 0 Å². The van der Waals surface area contributed by atoms with Crippen LogP contribution in [0.2, 0.25) is 0 Å². The molecule has 1 heterocycles. The molecule has 2 rings (SSSR count). The van der Waals surface area contributed by atoms with Gasteiger partial charge in [0.1, 0.15) is 6.61 Å². The minimum absolute atomic E-state index is 0.113. The number of carboxylic acids is 1. The van der Waals surface area contributed by atoms with Gasteiger partial charge in [-0.15, -0.1) is 0 Å². The fourth-order valence-electron chi connectivity index (χ4n) is 2.96. The Labute approximate surface area is 142 Å². The molecule has 1 unspecified atom stereocenters. The van der Waals surface area contributed by atoms with Gasteiger partial charge in [0.25, 0.3) is 0 Å². The second kappa shape index (κ2) is 10.1. The van der Waals surface area contributed by atoms with E-state index in [2.05, 4.69) is 5.32 Å². The van der Waals surface area contributed by atoms with Gasteiger partial charge >= 0.3 is 11.9 Å². The summed E-state index contributed by atoms with van der Waals surface area (Å²) in [5.41, 5.74) is 0.986. The van der Waals surface area contributed by atoms with Gasteiger partial charge < -0.3 is 15.2 Å². The normalized spacial score (nSPS) is 18.2. The molecule has 1 aliphatic rings. The lowest BCUT2D eigenvalue weighted by Crippen LogP contribution is -2.42. The number of piperidine rings is 1. The summed E-state index contributed by atoms with van der Waals surface area (Å²) in [4.78, 5) is 24.4. The van der Waals surface area contributed by atoms with E-state index in [1.54, 1.807) is 0 Å². The predicted octanol–water partition coefficient (Wildman–Crippen LogP) is 1.51. The topological polar surface area (TPSA) is 78.9 Å². The van der Waals surface area contributed by atoms with E-state index in [-0.39, 0.29) is 12.5 Å². The second-order valence-electron chi connectivity index (χ2n) is 6.24. The van der Waals surface area contributed by atoms with Crippen molar-refractivity contribution in [3.05, 3.63) is 35.9 Å². The van der Waals surface area contributed by atoms with Crippen molar-refractivity contribution < 1.29 is 19.4 Å². The standard InChI is InChI=1S/C18H26N2O4/c21-17(22)13-20-10-4-7-16(12-20)11-19-9-8-18(23)24-14-15-5-2-1-3-6-15/h1-3,5-6,16,19H,4,7-14H2,(H,21,22). The monoisotopic (exact) mass is 334 g/mol. The average molecular weight is 334 g/mol. The molecule has 1 aromatic rings. The first-order valence-corrected chi connectivity index (χ1v) is 8.48. The third kappa shape index (κ3) is 7.10. The number of esters is 1. The maximum atomic E-state index is 11.7. The first kappa shape index (κ1) is 18.4. The van der Waals surface area contributed by atoms with E-state index >= 15 is 0 Å². The number of carboxylic acid groups (broad SMARTS) is 1. The molecular formula is C18H26N2O4. The van der Waals surface area contributed by atoms with E-state index in [0.717, 1.165) is 38.0 Å². The van der Waals surface area contributed by atoms with Crippen molar-refractivity contribution in [1.82, 2.24) is 10.2 Å². The summed E-state index contributed by atoms with van der Waals surface area (Å²) in [5, 5.41) is 12.1. The highest BCUT2D eigenvalue weighted by atomic mass is 16.5. The van der Waals surface area contributed by atoms with Crippen LogP contribution in [-0.4, -0.2) is 54.7 Å². The molecule has 0 radical (unpaired) electrons. The van der Waals surface area contributed by atoms with Gasteiger partial charge in [-0.3, -0.25) is 14.5 Å². The Bertz CT molecular complexity index is 521. The summed E-state index contributed by atoms with van der Waals surface area (Å²) in [5.74, 6) is -0.536. The highest BCUT2D eigenvalue weighted by Crippen LogP contribution is 2.15. The molecule has 0 amide bonds. The van der Waals surface area contributed by atoms with Gasteiger partial charge in [0, 0.05) is 13.1 Å². The summed E-state index contributed by atoms with van der Waals surface area (Å²) in [6.07, 6.45) is 2.47. The third-order valence-corrected chi connectivity index (χ3v) is 4.14. The zero-order valence-corrected chi connectivity index (χ0v) is 13.9. The maximum Gasteiger partial charge on any atom is 0.317 e. The van der Waals surface area contributed by atoms with Crippen LogP contribution in [0.25, 0.3) is 0 Å². The van der Waals surface area contributed by atoms with Crippen LogP contribution in [0.4, 0.5) is 0 Å². The fraction of sp³-hybridized carbons (Fsp3) is 0.556. The predicted molar refractivity (Wildman–Crippen MR) is 90.5 cm³/mol. The number of carbonyl (C=O) groups excluding carboxylic acids is 1. The number of benzene rings is 1. The van der Waals surface area contributed by atoms with Crippen LogP contribution in [-0.2, 0) is 20.9 Å². The molecule has 6 nitrogen and oxygen atoms in total. The lowest BCUT2D eigenvalue weighted by molar-refractivity contribution is -0.145. The zero-order valence-electron chi connectivity index (χ0n) is 13.9. The lowest BCUT2D eigenvalue weighted by atomic mass is 9.98. The minimum Gasteiger partial charge on any atom is -0.480 e.